The minimum absolute atomic E-state index is 0.105. The highest BCUT2D eigenvalue weighted by atomic mass is 32.2. The SMILES string of the molecule is CCOC(=O)CNC(=O)CSc1ccc(NC(C)=O)nn1. The first-order valence-corrected chi connectivity index (χ1v) is 7.16. The van der Waals surface area contributed by atoms with E-state index in [-0.39, 0.29) is 30.7 Å². The smallest absolute Gasteiger partial charge is 0.325 e. The molecular weight excluding hydrogens is 296 g/mol. The summed E-state index contributed by atoms with van der Waals surface area (Å²) >= 11 is 1.17. The highest BCUT2D eigenvalue weighted by Gasteiger charge is 2.07. The van der Waals surface area contributed by atoms with E-state index in [1.807, 2.05) is 0 Å². The molecule has 0 bridgehead atoms. The Kier molecular flexibility index (Phi) is 7.16. The molecule has 2 N–H and O–H groups in total. The zero-order valence-electron chi connectivity index (χ0n) is 11.7. The fourth-order valence-electron chi connectivity index (χ4n) is 1.22. The summed E-state index contributed by atoms with van der Waals surface area (Å²) in [6.07, 6.45) is 0. The van der Waals surface area contributed by atoms with Crippen molar-refractivity contribution in [3.8, 4) is 0 Å². The van der Waals surface area contributed by atoms with E-state index in [4.69, 9.17) is 0 Å². The molecule has 0 atom stereocenters. The quantitative estimate of drug-likeness (QED) is 0.547. The molecule has 0 aliphatic carbocycles. The molecule has 21 heavy (non-hydrogen) atoms. The van der Waals surface area contributed by atoms with Crippen LogP contribution in [0.25, 0.3) is 0 Å². The fourth-order valence-corrected chi connectivity index (χ4v) is 1.86. The van der Waals surface area contributed by atoms with Crippen molar-refractivity contribution in [1.29, 1.82) is 0 Å². The maximum atomic E-state index is 11.5. The van der Waals surface area contributed by atoms with Crippen molar-refractivity contribution in [3.05, 3.63) is 12.1 Å². The Morgan fingerprint density at radius 3 is 2.62 bits per heavy atom. The number of rotatable bonds is 7. The second-order valence-corrected chi connectivity index (χ2v) is 4.80. The number of aromatic nitrogens is 2. The number of nitrogens with zero attached hydrogens (tertiary/aromatic N) is 2. The van der Waals surface area contributed by atoms with Crippen LogP contribution in [0.4, 0.5) is 5.82 Å². The number of hydrogen-bond acceptors (Lipinski definition) is 7. The molecule has 114 valence electrons. The lowest BCUT2D eigenvalue weighted by molar-refractivity contribution is -0.143. The molecule has 0 radical (unpaired) electrons. The van der Waals surface area contributed by atoms with Crippen molar-refractivity contribution in [2.45, 2.75) is 18.9 Å². The van der Waals surface area contributed by atoms with Crippen LogP contribution in [-0.4, -0.2) is 46.9 Å². The van der Waals surface area contributed by atoms with Gasteiger partial charge in [-0.1, -0.05) is 11.8 Å². The molecule has 1 heterocycles. The van der Waals surface area contributed by atoms with Gasteiger partial charge in [-0.3, -0.25) is 14.4 Å². The van der Waals surface area contributed by atoms with Gasteiger partial charge in [-0.25, -0.2) is 0 Å². The molecule has 0 spiro atoms. The fraction of sp³-hybridized carbons (Fsp3) is 0.417. The van der Waals surface area contributed by atoms with Crippen LogP contribution in [0.1, 0.15) is 13.8 Å². The first-order valence-electron chi connectivity index (χ1n) is 6.17. The summed E-state index contributed by atoms with van der Waals surface area (Å²) in [5, 5.41) is 13.1. The predicted octanol–water partition coefficient (Wildman–Crippen LogP) is 0.206. The van der Waals surface area contributed by atoms with E-state index in [1.165, 1.54) is 18.7 Å². The number of hydrogen-bond donors (Lipinski definition) is 2. The van der Waals surface area contributed by atoms with Gasteiger partial charge in [0.1, 0.15) is 11.6 Å². The molecule has 2 amide bonds. The van der Waals surface area contributed by atoms with Gasteiger partial charge in [0.05, 0.1) is 12.4 Å². The third-order valence-corrected chi connectivity index (χ3v) is 2.95. The first kappa shape index (κ1) is 16.9. The number of amides is 2. The summed E-state index contributed by atoms with van der Waals surface area (Å²) < 4.78 is 4.68. The average molecular weight is 312 g/mol. The Morgan fingerprint density at radius 1 is 1.29 bits per heavy atom. The third kappa shape index (κ3) is 7.25. The molecule has 1 aromatic heterocycles. The number of carbonyl (C=O) groups excluding carboxylic acids is 3. The number of anilines is 1. The highest BCUT2D eigenvalue weighted by Crippen LogP contribution is 2.14. The first-order chi connectivity index (χ1) is 10.0. The molecule has 9 heteroatoms. The van der Waals surface area contributed by atoms with Crippen LogP contribution in [-0.2, 0) is 19.1 Å². The number of thioether (sulfide) groups is 1. The second kappa shape index (κ2) is 8.90. The summed E-state index contributed by atoms with van der Waals surface area (Å²) in [7, 11) is 0. The van der Waals surface area contributed by atoms with Gasteiger partial charge in [-0.2, -0.15) is 0 Å². The summed E-state index contributed by atoms with van der Waals surface area (Å²) in [5.74, 6) is -0.564. The van der Waals surface area contributed by atoms with Gasteiger partial charge < -0.3 is 15.4 Å². The lowest BCUT2D eigenvalue weighted by atomic mass is 10.5. The zero-order chi connectivity index (χ0) is 15.7. The second-order valence-electron chi connectivity index (χ2n) is 3.81. The zero-order valence-corrected chi connectivity index (χ0v) is 12.5. The van der Waals surface area contributed by atoms with Gasteiger partial charge in [0.2, 0.25) is 11.8 Å². The Balaban J connectivity index is 2.32. The summed E-state index contributed by atoms with van der Waals surface area (Å²) in [4.78, 5) is 33.4. The number of ether oxygens (including phenoxy) is 1. The van der Waals surface area contributed by atoms with Crippen LogP contribution in [0.2, 0.25) is 0 Å². The molecule has 0 aromatic carbocycles. The minimum atomic E-state index is -0.477. The van der Waals surface area contributed by atoms with E-state index in [0.717, 1.165) is 0 Å². The van der Waals surface area contributed by atoms with Crippen LogP contribution in [0, 0.1) is 0 Å². The molecular formula is C12H16N4O4S. The van der Waals surface area contributed by atoms with E-state index in [2.05, 4.69) is 25.6 Å². The Hall–Kier alpha value is -2.16. The van der Waals surface area contributed by atoms with Crippen molar-refractivity contribution in [2.75, 3.05) is 24.2 Å². The van der Waals surface area contributed by atoms with E-state index >= 15 is 0 Å². The van der Waals surface area contributed by atoms with Crippen LogP contribution in [0.15, 0.2) is 17.2 Å². The predicted molar refractivity (Wildman–Crippen MR) is 76.7 cm³/mol. The molecule has 0 fully saturated rings. The van der Waals surface area contributed by atoms with Crippen LogP contribution in [0.3, 0.4) is 0 Å². The standard InChI is InChI=1S/C12H16N4O4S/c1-3-20-12(19)6-13-10(18)7-21-11-5-4-9(15-16-11)14-8(2)17/h4-5H,3,6-7H2,1-2H3,(H,13,18)(H,14,15,17). The van der Waals surface area contributed by atoms with Gasteiger partial charge in [0.15, 0.2) is 5.82 Å². The molecule has 0 saturated heterocycles. The summed E-state index contributed by atoms with van der Waals surface area (Å²) in [6, 6.07) is 3.23. The van der Waals surface area contributed by atoms with E-state index in [9.17, 15) is 14.4 Å². The van der Waals surface area contributed by atoms with Gasteiger partial charge in [-0.15, -0.1) is 10.2 Å². The van der Waals surface area contributed by atoms with E-state index in [1.54, 1.807) is 19.1 Å². The van der Waals surface area contributed by atoms with Crippen molar-refractivity contribution in [1.82, 2.24) is 15.5 Å². The average Bonchev–Trinajstić information content (AvgIpc) is 2.44. The maximum absolute atomic E-state index is 11.5. The van der Waals surface area contributed by atoms with Gasteiger partial charge >= 0.3 is 5.97 Å². The maximum Gasteiger partial charge on any atom is 0.325 e. The number of carbonyl (C=O) groups is 3. The van der Waals surface area contributed by atoms with Crippen molar-refractivity contribution in [3.63, 3.8) is 0 Å². The lowest BCUT2D eigenvalue weighted by Crippen LogP contribution is -2.31. The highest BCUT2D eigenvalue weighted by molar-refractivity contribution is 7.99. The molecule has 0 unspecified atom stereocenters. The van der Waals surface area contributed by atoms with E-state index in [0.29, 0.717) is 10.8 Å². The largest absolute Gasteiger partial charge is 0.465 e. The molecule has 0 saturated carbocycles. The van der Waals surface area contributed by atoms with Gasteiger partial charge in [0, 0.05) is 6.92 Å². The van der Waals surface area contributed by atoms with Crippen molar-refractivity contribution < 1.29 is 19.1 Å². The number of esters is 1. The normalized spacial score (nSPS) is 9.81. The third-order valence-electron chi connectivity index (χ3n) is 2.03. The minimum Gasteiger partial charge on any atom is -0.465 e. The summed E-state index contributed by atoms with van der Waals surface area (Å²) in [5.41, 5.74) is 0. The van der Waals surface area contributed by atoms with Gasteiger partial charge in [0.25, 0.3) is 0 Å². The molecule has 0 aliphatic rings. The molecule has 1 rings (SSSR count). The Bertz CT molecular complexity index is 506. The van der Waals surface area contributed by atoms with E-state index < -0.39 is 5.97 Å². The van der Waals surface area contributed by atoms with Crippen LogP contribution < -0.4 is 10.6 Å². The Morgan fingerprint density at radius 2 is 2.05 bits per heavy atom. The molecule has 0 aliphatic heterocycles. The lowest BCUT2D eigenvalue weighted by Gasteiger charge is -2.05. The van der Waals surface area contributed by atoms with Gasteiger partial charge in [-0.05, 0) is 19.1 Å². The topological polar surface area (TPSA) is 110 Å². The monoisotopic (exact) mass is 312 g/mol. The molecule has 8 nitrogen and oxygen atoms in total. The van der Waals surface area contributed by atoms with Crippen LogP contribution >= 0.6 is 11.8 Å². The number of nitrogens with one attached hydrogen (secondary N) is 2. The van der Waals surface area contributed by atoms with Crippen molar-refractivity contribution in [2.24, 2.45) is 0 Å². The molecule has 1 aromatic rings. The summed E-state index contributed by atoms with van der Waals surface area (Å²) in [6.45, 7) is 3.19. The van der Waals surface area contributed by atoms with Crippen LogP contribution in [0.5, 0.6) is 0 Å². The van der Waals surface area contributed by atoms with Crippen molar-refractivity contribution >= 4 is 35.4 Å². The Labute approximate surface area is 126 Å².